The molecule has 0 aliphatic heterocycles. The number of aromatic nitrogens is 2. The highest BCUT2D eigenvalue weighted by Crippen LogP contribution is 2.51. The summed E-state index contributed by atoms with van der Waals surface area (Å²) >= 11 is 0. The summed E-state index contributed by atoms with van der Waals surface area (Å²) in [5.74, 6) is 0. The van der Waals surface area contributed by atoms with Gasteiger partial charge in [0.2, 0.25) is 0 Å². The molecule has 1 saturated carbocycles. The van der Waals surface area contributed by atoms with Crippen LogP contribution in [0, 0.1) is 5.41 Å². The van der Waals surface area contributed by atoms with Crippen LogP contribution in [0.5, 0.6) is 0 Å². The summed E-state index contributed by atoms with van der Waals surface area (Å²) in [5.41, 5.74) is 0.735. The average molecular weight is 280 g/mol. The van der Waals surface area contributed by atoms with Crippen LogP contribution in [0.25, 0.3) is 0 Å². The molecule has 0 spiro atoms. The van der Waals surface area contributed by atoms with E-state index in [1.54, 1.807) is 18.0 Å². The van der Waals surface area contributed by atoms with Crippen molar-refractivity contribution in [2.45, 2.75) is 45.4 Å². The number of amides is 2. The average Bonchev–Trinajstić information content (AvgIpc) is 2.81. The summed E-state index contributed by atoms with van der Waals surface area (Å²) in [6, 6.07) is -0.0218. The van der Waals surface area contributed by atoms with Crippen molar-refractivity contribution in [3.63, 3.8) is 0 Å². The van der Waals surface area contributed by atoms with Crippen LogP contribution in [-0.2, 0) is 18.3 Å². The van der Waals surface area contributed by atoms with Crippen LogP contribution in [0.4, 0.5) is 4.79 Å². The maximum absolute atomic E-state index is 11.9. The summed E-state index contributed by atoms with van der Waals surface area (Å²) in [6.45, 7) is 6.80. The zero-order chi connectivity index (χ0) is 15.0. The third-order valence-electron chi connectivity index (χ3n) is 4.80. The number of methoxy groups -OCH3 is 1. The van der Waals surface area contributed by atoms with E-state index in [1.807, 2.05) is 13.2 Å². The van der Waals surface area contributed by atoms with Gasteiger partial charge in [-0.3, -0.25) is 4.68 Å². The standard InChI is InChI=1S/C14H24N4O2/c1-13(2)11(6-14(13,3)20-5)17-12(19)15-7-10-8-16-18(4)9-10/h8-9,11H,6-7H2,1-5H3,(H2,15,17,19)/t11-,14-/m1/s1. The van der Waals surface area contributed by atoms with Crippen LogP contribution in [0.3, 0.4) is 0 Å². The Morgan fingerprint density at radius 2 is 2.25 bits per heavy atom. The number of carbonyl (C=O) groups is 1. The van der Waals surface area contributed by atoms with Crippen LogP contribution in [0.1, 0.15) is 32.8 Å². The normalized spacial score (nSPS) is 27.8. The molecule has 0 aromatic carbocycles. The van der Waals surface area contributed by atoms with Crippen molar-refractivity contribution in [1.29, 1.82) is 0 Å². The van der Waals surface area contributed by atoms with Crippen molar-refractivity contribution in [2.75, 3.05) is 7.11 Å². The predicted octanol–water partition coefficient (Wildman–Crippen LogP) is 1.42. The van der Waals surface area contributed by atoms with Gasteiger partial charge in [-0.15, -0.1) is 0 Å². The van der Waals surface area contributed by atoms with Gasteiger partial charge in [0.25, 0.3) is 0 Å². The minimum atomic E-state index is -0.172. The molecule has 2 N–H and O–H groups in total. The van der Waals surface area contributed by atoms with Gasteiger partial charge in [0, 0.05) is 43.9 Å². The Hall–Kier alpha value is -1.56. The minimum Gasteiger partial charge on any atom is -0.378 e. The first-order valence-corrected chi connectivity index (χ1v) is 6.85. The Morgan fingerprint density at radius 3 is 2.75 bits per heavy atom. The Labute approximate surface area is 119 Å². The van der Waals surface area contributed by atoms with Crippen molar-refractivity contribution >= 4 is 6.03 Å². The number of urea groups is 1. The molecule has 1 aromatic rings. The summed E-state index contributed by atoms with van der Waals surface area (Å²) in [6.07, 6.45) is 4.46. The first kappa shape index (κ1) is 14.8. The summed E-state index contributed by atoms with van der Waals surface area (Å²) in [4.78, 5) is 11.9. The molecule has 1 aliphatic carbocycles. The molecular weight excluding hydrogens is 256 g/mol. The first-order valence-electron chi connectivity index (χ1n) is 6.85. The van der Waals surface area contributed by atoms with Gasteiger partial charge in [-0.25, -0.2) is 4.79 Å². The van der Waals surface area contributed by atoms with Crippen LogP contribution in [-0.4, -0.2) is 34.6 Å². The quantitative estimate of drug-likeness (QED) is 0.876. The van der Waals surface area contributed by atoms with E-state index in [4.69, 9.17) is 4.74 Å². The van der Waals surface area contributed by atoms with Crippen LogP contribution in [0.15, 0.2) is 12.4 Å². The molecule has 0 radical (unpaired) electrons. The molecule has 0 saturated heterocycles. The molecule has 0 unspecified atom stereocenters. The third kappa shape index (κ3) is 2.52. The fourth-order valence-electron chi connectivity index (χ4n) is 2.68. The van der Waals surface area contributed by atoms with E-state index in [9.17, 15) is 4.79 Å². The summed E-state index contributed by atoms with van der Waals surface area (Å²) in [5, 5.41) is 9.93. The number of hydrogen-bond acceptors (Lipinski definition) is 3. The molecular formula is C14H24N4O2. The van der Waals surface area contributed by atoms with Crippen molar-refractivity contribution in [1.82, 2.24) is 20.4 Å². The number of hydrogen-bond donors (Lipinski definition) is 2. The third-order valence-corrected chi connectivity index (χ3v) is 4.80. The topological polar surface area (TPSA) is 68.2 Å². The number of rotatable bonds is 4. The lowest BCUT2D eigenvalue weighted by Gasteiger charge is -2.59. The molecule has 0 bridgehead atoms. The van der Waals surface area contributed by atoms with Crippen LogP contribution >= 0.6 is 0 Å². The number of nitrogens with zero attached hydrogens (tertiary/aromatic N) is 2. The Balaban J connectivity index is 1.81. The Morgan fingerprint density at radius 1 is 1.55 bits per heavy atom. The highest BCUT2D eigenvalue weighted by atomic mass is 16.5. The predicted molar refractivity (Wildman–Crippen MR) is 76.2 cm³/mol. The van der Waals surface area contributed by atoms with Gasteiger partial charge < -0.3 is 15.4 Å². The highest BCUT2D eigenvalue weighted by Gasteiger charge is 2.58. The largest absolute Gasteiger partial charge is 0.378 e. The molecule has 112 valence electrons. The number of ether oxygens (including phenoxy) is 1. The minimum absolute atomic E-state index is 0.0760. The highest BCUT2D eigenvalue weighted by molar-refractivity contribution is 5.74. The number of nitrogens with one attached hydrogen (secondary N) is 2. The molecule has 1 aromatic heterocycles. The summed E-state index contributed by atoms with van der Waals surface area (Å²) < 4.78 is 7.27. The van der Waals surface area contributed by atoms with Gasteiger partial charge in [0.15, 0.2) is 0 Å². The maximum atomic E-state index is 11.9. The first-order chi connectivity index (χ1) is 9.28. The SMILES string of the molecule is CO[C@]1(C)C[C@@H](NC(=O)NCc2cnn(C)c2)C1(C)C. The van der Waals surface area contributed by atoms with E-state index >= 15 is 0 Å². The molecule has 6 heteroatoms. The van der Waals surface area contributed by atoms with Gasteiger partial charge in [-0.05, 0) is 13.3 Å². The Kier molecular flexibility index (Phi) is 3.77. The molecule has 1 fully saturated rings. The zero-order valence-electron chi connectivity index (χ0n) is 12.9. The second-order valence-electron chi connectivity index (χ2n) is 6.26. The van der Waals surface area contributed by atoms with E-state index in [1.165, 1.54) is 0 Å². The van der Waals surface area contributed by atoms with Gasteiger partial charge in [0.05, 0.1) is 11.8 Å². The molecule has 2 amide bonds. The maximum Gasteiger partial charge on any atom is 0.315 e. The van der Waals surface area contributed by atoms with Crippen molar-refractivity contribution in [3.05, 3.63) is 18.0 Å². The van der Waals surface area contributed by atoms with E-state index in [-0.39, 0.29) is 23.1 Å². The lowest BCUT2D eigenvalue weighted by atomic mass is 9.56. The second kappa shape index (κ2) is 5.09. The lowest BCUT2D eigenvalue weighted by molar-refractivity contribution is -0.177. The van der Waals surface area contributed by atoms with E-state index < -0.39 is 0 Å². The van der Waals surface area contributed by atoms with E-state index in [0.29, 0.717) is 6.54 Å². The van der Waals surface area contributed by atoms with E-state index in [2.05, 4.69) is 36.5 Å². The van der Waals surface area contributed by atoms with Crippen LogP contribution in [0.2, 0.25) is 0 Å². The van der Waals surface area contributed by atoms with Crippen molar-refractivity contribution in [3.8, 4) is 0 Å². The number of aryl methyl sites for hydroxylation is 1. The molecule has 2 rings (SSSR count). The van der Waals surface area contributed by atoms with E-state index in [0.717, 1.165) is 12.0 Å². The smallest absolute Gasteiger partial charge is 0.315 e. The molecule has 1 aliphatic rings. The Bertz CT molecular complexity index is 497. The van der Waals surface area contributed by atoms with Crippen molar-refractivity contribution in [2.24, 2.45) is 12.5 Å². The van der Waals surface area contributed by atoms with Crippen molar-refractivity contribution < 1.29 is 9.53 Å². The molecule has 20 heavy (non-hydrogen) atoms. The lowest BCUT2D eigenvalue weighted by Crippen LogP contribution is -2.69. The van der Waals surface area contributed by atoms with Gasteiger partial charge >= 0.3 is 6.03 Å². The summed E-state index contributed by atoms with van der Waals surface area (Å²) in [7, 11) is 3.58. The van der Waals surface area contributed by atoms with Crippen LogP contribution < -0.4 is 10.6 Å². The van der Waals surface area contributed by atoms with Gasteiger partial charge in [0.1, 0.15) is 0 Å². The molecule has 1 heterocycles. The van der Waals surface area contributed by atoms with Gasteiger partial charge in [-0.2, -0.15) is 5.10 Å². The molecule has 6 nitrogen and oxygen atoms in total. The van der Waals surface area contributed by atoms with Gasteiger partial charge in [-0.1, -0.05) is 13.8 Å². The fourth-order valence-corrected chi connectivity index (χ4v) is 2.68. The fraction of sp³-hybridized carbons (Fsp3) is 0.714. The second-order valence-corrected chi connectivity index (χ2v) is 6.26. The monoisotopic (exact) mass is 280 g/mol. The molecule has 2 atom stereocenters. The number of carbonyl (C=O) groups excluding carboxylic acids is 1. The zero-order valence-corrected chi connectivity index (χ0v) is 12.9.